The Balaban J connectivity index is 2.19. The average molecular weight is 179 g/mol. The van der Waals surface area contributed by atoms with E-state index in [1.807, 2.05) is 6.08 Å². The van der Waals surface area contributed by atoms with Crippen LogP contribution in [-0.2, 0) is 4.79 Å². The van der Waals surface area contributed by atoms with E-state index in [-0.39, 0.29) is 0 Å². The molecule has 2 heterocycles. The molecule has 1 atom stereocenters. The number of ketones is 1. The van der Waals surface area contributed by atoms with Crippen LogP contribution >= 0.6 is 0 Å². The van der Waals surface area contributed by atoms with Gasteiger partial charge in [0.1, 0.15) is 0 Å². The molecule has 2 aliphatic heterocycles. The SMILES string of the molecule is CCC1=CC(=O)C[C@H]2CCCCN12. The van der Waals surface area contributed by atoms with Gasteiger partial charge in [0.15, 0.2) is 5.78 Å². The molecular formula is C11H17NO. The van der Waals surface area contributed by atoms with Crippen LogP contribution in [0, 0.1) is 0 Å². The molecule has 1 fully saturated rings. The Morgan fingerprint density at radius 3 is 3.15 bits per heavy atom. The molecular weight excluding hydrogens is 162 g/mol. The third-order valence-electron chi connectivity index (χ3n) is 3.12. The Kier molecular flexibility index (Phi) is 2.38. The Bertz CT molecular complexity index is 244. The average Bonchev–Trinajstić information content (AvgIpc) is 2.16. The summed E-state index contributed by atoms with van der Waals surface area (Å²) in [6.07, 6.45) is 7.41. The summed E-state index contributed by atoms with van der Waals surface area (Å²) in [6.45, 7) is 3.30. The van der Waals surface area contributed by atoms with Crippen LogP contribution in [0.5, 0.6) is 0 Å². The molecule has 1 saturated heterocycles. The van der Waals surface area contributed by atoms with Crippen molar-refractivity contribution in [1.29, 1.82) is 0 Å². The minimum absolute atomic E-state index is 0.333. The lowest BCUT2D eigenvalue weighted by molar-refractivity contribution is -0.117. The fourth-order valence-electron chi connectivity index (χ4n) is 2.46. The van der Waals surface area contributed by atoms with Crippen LogP contribution in [0.3, 0.4) is 0 Å². The van der Waals surface area contributed by atoms with E-state index in [9.17, 15) is 4.79 Å². The minimum Gasteiger partial charge on any atom is -0.371 e. The lowest BCUT2D eigenvalue weighted by Gasteiger charge is -2.41. The van der Waals surface area contributed by atoms with Crippen molar-refractivity contribution in [3.05, 3.63) is 11.8 Å². The van der Waals surface area contributed by atoms with Crippen LogP contribution < -0.4 is 0 Å². The fourth-order valence-corrected chi connectivity index (χ4v) is 2.46. The van der Waals surface area contributed by atoms with Gasteiger partial charge in [-0.1, -0.05) is 6.92 Å². The van der Waals surface area contributed by atoms with E-state index >= 15 is 0 Å². The molecule has 0 aliphatic carbocycles. The predicted molar refractivity (Wildman–Crippen MR) is 52.3 cm³/mol. The van der Waals surface area contributed by atoms with Crippen molar-refractivity contribution in [2.75, 3.05) is 6.54 Å². The largest absolute Gasteiger partial charge is 0.371 e. The Hall–Kier alpha value is -0.790. The second kappa shape index (κ2) is 3.52. The monoisotopic (exact) mass is 179 g/mol. The Morgan fingerprint density at radius 2 is 2.38 bits per heavy atom. The zero-order valence-electron chi connectivity index (χ0n) is 8.25. The van der Waals surface area contributed by atoms with Crippen LogP contribution in [0.4, 0.5) is 0 Å². The maximum atomic E-state index is 11.4. The predicted octanol–water partition coefficient (Wildman–Crippen LogP) is 2.11. The summed E-state index contributed by atoms with van der Waals surface area (Å²) in [7, 11) is 0. The highest BCUT2D eigenvalue weighted by atomic mass is 16.1. The van der Waals surface area contributed by atoms with Gasteiger partial charge < -0.3 is 4.90 Å². The summed E-state index contributed by atoms with van der Waals surface area (Å²) in [5.74, 6) is 0.333. The van der Waals surface area contributed by atoms with Gasteiger partial charge in [-0.2, -0.15) is 0 Å². The summed E-state index contributed by atoms with van der Waals surface area (Å²) < 4.78 is 0. The third-order valence-corrected chi connectivity index (χ3v) is 3.12. The summed E-state index contributed by atoms with van der Waals surface area (Å²) >= 11 is 0. The summed E-state index contributed by atoms with van der Waals surface area (Å²) in [4.78, 5) is 13.8. The molecule has 0 aromatic heterocycles. The molecule has 13 heavy (non-hydrogen) atoms. The van der Waals surface area contributed by atoms with Crippen molar-refractivity contribution in [3.8, 4) is 0 Å². The molecule has 0 amide bonds. The number of hydrogen-bond acceptors (Lipinski definition) is 2. The molecule has 0 aromatic carbocycles. The maximum Gasteiger partial charge on any atom is 0.159 e. The molecule has 2 aliphatic rings. The smallest absolute Gasteiger partial charge is 0.159 e. The van der Waals surface area contributed by atoms with Gasteiger partial charge in [-0.25, -0.2) is 0 Å². The number of carbonyl (C=O) groups excluding carboxylic acids is 1. The van der Waals surface area contributed by atoms with Crippen LogP contribution in [0.2, 0.25) is 0 Å². The van der Waals surface area contributed by atoms with E-state index < -0.39 is 0 Å². The molecule has 0 radical (unpaired) electrons. The number of allylic oxidation sites excluding steroid dienone is 2. The van der Waals surface area contributed by atoms with Crippen molar-refractivity contribution < 1.29 is 4.79 Å². The van der Waals surface area contributed by atoms with Crippen LogP contribution in [0.25, 0.3) is 0 Å². The van der Waals surface area contributed by atoms with Crippen molar-refractivity contribution in [1.82, 2.24) is 4.90 Å². The standard InChI is InChI=1S/C11H17NO/c1-2-9-7-11(13)8-10-5-3-4-6-12(9)10/h7,10H,2-6,8H2,1H3/t10-/m1/s1. The van der Waals surface area contributed by atoms with E-state index in [0.29, 0.717) is 11.8 Å². The first kappa shape index (κ1) is 8.79. The quantitative estimate of drug-likeness (QED) is 0.614. The van der Waals surface area contributed by atoms with Gasteiger partial charge in [-0.05, 0) is 25.7 Å². The number of fused-ring (bicyclic) bond motifs is 1. The Labute approximate surface area is 79.6 Å². The number of piperidine rings is 1. The van der Waals surface area contributed by atoms with Gasteiger partial charge >= 0.3 is 0 Å². The summed E-state index contributed by atoms with van der Waals surface area (Å²) in [5, 5.41) is 0. The molecule has 72 valence electrons. The van der Waals surface area contributed by atoms with Crippen molar-refractivity contribution in [3.63, 3.8) is 0 Å². The van der Waals surface area contributed by atoms with Crippen LogP contribution in [-0.4, -0.2) is 23.3 Å². The van der Waals surface area contributed by atoms with E-state index in [1.165, 1.54) is 25.0 Å². The second-order valence-corrected chi connectivity index (χ2v) is 4.00. The molecule has 0 bridgehead atoms. The van der Waals surface area contributed by atoms with E-state index in [0.717, 1.165) is 19.4 Å². The number of nitrogens with zero attached hydrogens (tertiary/aromatic N) is 1. The molecule has 0 saturated carbocycles. The first-order valence-electron chi connectivity index (χ1n) is 5.31. The normalized spacial score (nSPS) is 28.4. The van der Waals surface area contributed by atoms with Crippen molar-refractivity contribution >= 4 is 5.78 Å². The van der Waals surface area contributed by atoms with Gasteiger partial charge in [-0.3, -0.25) is 4.79 Å². The van der Waals surface area contributed by atoms with E-state index in [1.54, 1.807) is 0 Å². The lowest BCUT2D eigenvalue weighted by Crippen LogP contribution is -2.42. The number of hydrogen-bond donors (Lipinski definition) is 0. The summed E-state index contributed by atoms with van der Waals surface area (Å²) in [5.41, 5.74) is 1.26. The number of carbonyl (C=O) groups is 1. The molecule has 2 nitrogen and oxygen atoms in total. The topological polar surface area (TPSA) is 20.3 Å². The second-order valence-electron chi connectivity index (χ2n) is 4.00. The van der Waals surface area contributed by atoms with Crippen molar-refractivity contribution in [2.24, 2.45) is 0 Å². The molecule has 0 spiro atoms. The van der Waals surface area contributed by atoms with Gasteiger partial charge in [0.25, 0.3) is 0 Å². The number of rotatable bonds is 1. The zero-order valence-corrected chi connectivity index (χ0v) is 8.25. The first-order chi connectivity index (χ1) is 6.31. The van der Waals surface area contributed by atoms with E-state index in [4.69, 9.17) is 0 Å². The Morgan fingerprint density at radius 1 is 1.54 bits per heavy atom. The minimum atomic E-state index is 0.333. The maximum absolute atomic E-state index is 11.4. The van der Waals surface area contributed by atoms with Crippen LogP contribution in [0.15, 0.2) is 11.8 Å². The highest BCUT2D eigenvalue weighted by Gasteiger charge is 2.28. The van der Waals surface area contributed by atoms with Gasteiger partial charge in [0.05, 0.1) is 0 Å². The van der Waals surface area contributed by atoms with Gasteiger partial charge in [0.2, 0.25) is 0 Å². The lowest BCUT2D eigenvalue weighted by atomic mass is 9.92. The molecule has 2 rings (SSSR count). The molecule has 0 unspecified atom stereocenters. The van der Waals surface area contributed by atoms with Crippen LogP contribution in [0.1, 0.15) is 39.0 Å². The van der Waals surface area contributed by atoms with Gasteiger partial charge in [0, 0.05) is 30.8 Å². The van der Waals surface area contributed by atoms with E-state index in [2.05, 4.69) is 11.8 Å². The van der Waals surface area contributed by atoms with Gasteiger partial charge in [-0.15, -0.1) is 0 Å². The highest BCUT2D eigenvalue weighted by Crippen LogP contribution is 2.28. The zero-order chi connectivity index (χ0) is 9.26. The highest BCUT2D eigenvalue weighted by molar-refractivity contribution is 5.91. The molecule has 2 heteroatoms. The molecule has 0 N–H and O–H groups in total. The first-order valence-corrected chi connectivity index (χ1v) is 5.31. The fraction of sp³-hybridized carbons (Fsp3) is 0.727. The van der Waals surface area contributed by atoms with Crippen molar-refractivity contribution in [2.45, 2.75) is 45.1 Å². The molecule has 0 aromatic rings. The summed E-state index contributed by atoms with van der Waals surface area (Å²) in [6, 6.07) is 0.529. The third kappa shape index (κ3) is 1.62.